The summed E-state index contributed by atoms with van der Waals surface area (Å²) in [7, 11) is 0. The Morgan fingerprint density at radius 2 is 0.853 bits per heavy atom. The van der Waals surface area contributed by atoms with E-state index in [1.807, 2.05) is 0 Å². The highest BCUT2D eigenvalue weighted by Crippen LogP contribution is 2.59. The van der Waals surface area contributed by atoms with E-state index in [9.17, 15) is 1.37 Å². The fourth-order valence-corrected chi connectivity index (χ4v) is 12.2. The van der Waals surface area contributed by atoms with Crippen LogP contribution in [0.5, 0.6) is 0 Å². The van der Waals surface area contributed by atoms with E-state index in [1.165, 1.54) is 66.5 Å². The van der Waals surface area contributed by atoms with Crippen LogP contribution >= 0.6 is 0 Å². The molecular formula is C71H78BN3. The molecular weight excluding hydrogens is 906 g/mol. The van der Waals surface area contributed by atoms with Crippen LogP contribution in [0.3, 0.4) is 0 Å². The lowest BCUT2D eigenvalue weighted by Gasteiger charge is -2.46. The zero-order chi connectivity index (χ0) is 54.4. The van der Waals surface area contributed by atoms with E-state index in [4.69, 9.17) is 0 Å². The smallest absolute Gasteiger partial charge is 0.252 e. The van der Waals surface area contributed by atoms with E-state index >= 15 is 0 Å². The average Bonchev–Trinajstić information content (AvgIpc) is 3.59. The number of benzene rings is 8. The van der Waals surface area contributed by atoms with Gasteiger partial charge in [-0.3, -0.25) is 0 Å². The Morgan fingerprint density at radius 1 is 0.427 bits per heavy atom. The predicted octanol–water partition coefficient (Wildman–Crippen LogP) is 18.0. The minimum atomic E-state index is -0.327. The van der Waals surface area contributed by atoms with Gasteiger partial charge in [-0.15, -0.1) is 0 Å². The van der Waals surface area contributed by atoms with Gasteiger partial charge >= 0.3 is 0 Å². The van der Waals surface area contributed by atoms with Crippen molar-refractivity contribution in [1.82, 2.24) is 0 Å². The molecule has 0 amide bonds. The van der Waals surface area contributed by atoms with Crippen LogP contribution in [0, 0.1) is 0 Å². The minimum absolute atomic E-state index is 0.000591. The van der Waals surface area contributed by atoms with Crippen LogP contribution in [0.4, 0.5) is 51.2 Å². The lowest BCUT2D eigenvalue weighted by atomic mass is 9.33. The van der Waals surface area contributed by atoms with Gasteiger partial charge < -0.3 is 14.7 Å². The standard InChI is InChI=1S/C71H78BN3/c1-66(2,3)45-25-34-50(35-26-45)73(51-36-27-46(28-37-51)67(4,5)6)65-62-54-21-18-19-22-55(54)71(16,17)56(62)44-58-64(65)75(53-40-31-48(32-41-53)69(10,11)12)61-24-20-23-60-63(61)72(58)57-43-49(70(13,14)15)33-42-59(57)74(60)52-38-29-47(30-39-52)68(7,8)9/h18-44H,1-17H3/i20D. The molecule has 0 atom stereocenters. The van der Waals surface area contributed by atoms with E-state index in [2.05, 4.69) is 290 Å². The summed E-state index contributed by atoms with van der Waals surface area (Å²) in [5.41, 5.74) is 24.7. The quantitative estimate of drug-likeness (QED) is 0.159. The molecule has 2 aliphatic heterocycles. The molecule has 0 saturated carbocycles. The van der Waals surface area contributed by atoms with Crippen LogP contribution in [0.1, 0.15) is 158 Å². The van der Waals surface area contributed by atoms with Gasteiger partial charge in [0.2, 0.25) is 0 Å². The molecule has 2 heterocycles. The van der Waals surface area contributed by atoms with Crippen LogP contribution in [0.25, 0.3) is 11.1 Å². The predicted molar refractivity (Wildman–Crippen MR) is 326 cm³/mol. The molecule has 11 rings (SSSR count). The molecule has 0 unspecified atom stereocenters. The van der Waals surface area contributed by atoms with Crippen LogP contribution < -0.4 is 31.1 Å². The van der Waals surface area contributed by atoms with Gasteiger partial charge in [-0.2, -0.15) is 0 Å². The Balaban J connectivity index is 1.33. The molecule has 75 heavy (non-hydrogen) atoms. The molecule has 8 aromatic rings. The molecule has 3 nitrogen and oxygen atoms in total. The molecule has 0 bridgehead atoms. The topological polar surface area (TPSA) is 9.72 Å². The Hall–Kier alpha value is -6.78. The fraction of sp³-hybridized carbons (Fsp3) is 0.324. The van der Waals surface area contributed by atoms with Gasteiger partial charge in [0.05, 0.1) is 12.7 Å². The number of rotatable bonds is 5. The van der Waals surface area contributed by atoms with Crippen LogP contribution in [0.2, 0.25) is 0 Å². The van der Waals surface area contributed by atoms with Crippen molar-refractivity contribution in [2.45, 2.75) is 150 Å². The molecule has 4 heteroatoms. The molecule has 0 aromatic heterocycles. The maximum Gasteiger partial charge on any atom is 0.252 e. The van der Waals surface area contributed by atoms with Gasteiger partial charge in [0.15, 0.2) is 0 Å². The third-order valence-electron chi connectivity index (χ3n) is 16.8. The van der Waals surface area contributed by atoms with Crippen LogP contribution in [-0.4, -0.2) is 6.71 Å². The molecule has 380 valence electrons. The van der Waals surface area contributed by atoms with Gasteiger partial charge in [0.1, 0.15) is 0 Å². The molecule has 8 aromatic carbocycles. The molecule has 1 aliphatic carbocycles. The molecule has 0 N–H and O–H groups in total. The zero-order valence-corrected chi connectivity index (χ0v) is 47.9. The molecule has 3 aliphatic rings. The summed E-state index contributed by atoms with van der Waals surface area (Å²) in [6.07, 6.45) is 0. The van der Waals surface area contributed by atoms with Crippen molar-refractivity contribution in [3.05, 3.63) is 203 Å². The second kappa shape index (κ2) is 17.1. The highest BCUT2D eigenvalue weighted by Gasteiger charge is 2.49. The van der Waals surface area contributed by atoms with Crippen molar-refractivity contribution in [3.8, 4) is 11.1 Å². The van der Waals surface area contributed by atoms with E-state index < -0.39 is 0 Å². The second-order valence-electron chi connectivity index (χ2n) is 27.5. The summed E-state index contributed by atoms with van der Waals surface area (Å²) in [4.78, 5) is 7.60. The first-order valence-corrected chi connectivity index (χ1v) is 27.5. The van der Waals surface area contributed by atoms with E-state index in [1.54, 1.807) is 0 Å². The third kappa shape index (κ3) is 8.34. The number of fused-ring (bicyclic) bond motifs is 7. The summed E-state index contributed by atoms with van der Waals surface area (Å²) in [5, 5.41) is 0. The van der Waals surface area contributed by atoms with Crippen molar-refractivity contribution in [3.63, 3.8) is 0 Å². The Kier molecular flexibility index (Phi) is 11.2. The normalized spacial score (nSPS) is 14.9. The second-order valence-corrected chi connectivity index (χ2v) is 27.5. The number of nitrogens with zero attached hydrogens (tertiary/aromatic N) is 3. The highest BCUT2D eigenvalue weighted by molar-refractivity contribution is 7.00. The lowest BCUT2D eigenvalue weighted by Crippen LogP contribution is -2.62. The lowest BCUT2D eigenvalue weighted by molar-refractivity contribution is 0.590. The number of hydrogen-bond donors (Lipinski definition) is 0. The minimum Gasteiger partial charge on any atom is -0.311 e. The van der Waals surface area contributed by atoms with Gasteiger partial charge in [0.25, 0.3) is 6.71 Å². The largest absolute Gasteiger partial charge is 0.311 e. The summed E-state index contributed by atoms with van der Waals surface area (Å²) in [5.74, 6) is 0. The maximum absolute atomic E-state index is 9.95. The zero-order valence-electron chi connectivity index (χ0n) is 48.9. The Labute approximate surface area is 452 Å². The third-order valence-corrected chi connectivity index (χ3v) is 16.8. The highest BCUT2D eigenvalue weighted by atomic mass is 15.2. The Bertz CT molecular complexity index is 3510. The molecule has 0 spiro atoms. The Morgan fingerprint density at radius 3 is 1.33 bits per heavy atom. The van der Waals surface area contributed by atoms with E-state index in [0.717, 1.165) is 51.2 Å². The first-order valence-electron chi connectivity index (χ1n) is 28.0. The van der Waals surface area contributed by atoms with Crippen molar-refractivity contribution in [1.29, 1.82) is 0 Å². The van der Waals surface area contributed by atoms with Crippen molar-refractivity contribution >= 4 is 74.3 Å². The van der Waals surface area contributed by atoms with Crippen molar-refractivity contribution < 1.29 is 1.37 Å². The fourth-order valence-electron chi connectivity index (χ4n) is 12.2. The number of anilines is 9. The molecule has 0 fully saturated rings. The van der Waals surface area contributed by atoms with Gasteiger partial charge in [-0.1, -0.05) is 215 Å². The summed E-state index contributed by atoms with van der Waals surface area (Å²) in [6.45, 7) is 39.2. The van der Waals surface area contributed by atoms with Crippen molar-refractivity contribution in [2.24, 2.45) is 0 Å². The van der Waals surface area contributed by atoms with Gasteiger partial charge in [-0.25, -0.2) is 0 Å². The summed E-state index contributed by atoms with van der Waals surface area (Å²) in [6, 6.07) is 61.0. The SMILES string of the molecule is [2H]c1cc2c3c(c1)N(c1ccc(C(C)(C)C)cc1)c1c(cc4c(c1N(c1ccc(C(C)(C)C)cc1)c1ccc(C(C)(C)C)cc1)-c1ccccc1C4(C)C)B3c1cc(C(C)(C)C)ccc1N2c1ccc(C(C)(C)C)cc1. The van der Waals surface area contributed by atoms with E-state index in [-0.39, 0.29) is 39.2 Å². The van der Waals surface area contributed by atoms with Gasteiger partial charge in [-0.05, 0) is 155 Å². The van der Waals surface area contributed by atoms with E-state index in [0.29, 0.717) is 6.04 Å². The van der Waals surface area contributed by atoms with Gasteiger partial charge in [0, 0.05) is 50.8 Å². The van der Waals surface area contributed by atoms with Crippen molar-refractivity contribution in [2.75, 3.05) is 14.7 Å². The van der Waals surface area contributed by atoms with Crippen LogP contribution in [0.15, 0.2) is 164 Å². The molecule has 0 saturated heterocycles. The average molecular weight is 985 g/mol. The molecule has 0 radical (unpaired) electrons. The maximum atomic E-state index is 9.95. The number of hydrogen-bond acceptors (Lipinski definition) is 3. The first-order chi connectivity index (χ1) is 35.5. The van der Waals surface area contributed by atoms with Crippen LogP contribution in [-0.2, 0) is 32.5 Å². The summed E-state index contributed by atoms with van der Waals surface area (Å²) >= 11 is 0. The summed E-state index contributed by atoms with van der Waals surface area (Å²) < 4.78 is 9.95. The first kappa shape index (κ1) is 49.1. The monoisotopic (exact) mass is 985 g/mol.